The van der Waals surface area contributed by atoms with Gasteiger partial charge in [0.1, 0.15) is 5.78 Å². The summed E-state index contributed by atoms with van der Waals surface area (Å²) in [5.41, 5.74) is 0. The molecule has 0 saturated heterocycles. The summed E-state index contributed by atoms with van der Waals surface area (Å²) in [5.74, 6) is -3.51. The Morgan fingerprint density at radius 1 is 0.917 bits per heavy atom. The Hall–Kier alpha value is -0.130. The van der Waals surface area contributed by atoms with Crippen molar-refractivity contribution >= 4 is 55.5 Å². The average Bonchev–Trinajstić information content (AvgIpc) is 1.82. The van der Waals surface area contributed by atoms with Crippen LogP contribution in [0.15, 0.2) is 0 Å². The van der Waals surface area contributed by atoms with E-state index in [0.717, 1.165) is 0 Å². The largest absolute Gasteiger partial charge is 2.00 e. The van der Waals surface area contributed by atoms with Crippen molar-refractivity contribution in [1.82, 2.24) is 0 Å². The van der Waals surface area contributed by atoms with Crippen molar-refractivity contribution in [2.24, 2.45) is 0 Å². The standard InChI is InChI=1S/C6H8O5.Ca/c7-4(3-6(10)11)1-2-5(8)9;/h1-3H2,(H,8,9)(H,10,11);/q;+2/p-2. The molecule has 5 nitrogen and oxygen atoms in total. The molecule has 0 N–H and O–H groups in total. The molecular formula is C6H6CaO5. The second kappa shape index (κ2) is 7.52. The van der Waals surface area contributed by atoms with Crippen LogP contribution in [-0.2, 0) is 14.4 Å². The minimum Gasteiger partial charge on any atom is -0.550 e. The Balaban J connectivity index is 0. The van der Waals surface area contributed by atoms with E-state index in [4.69, 9.17) is 0 Å². The predicted octanol–water partition coefficient (Wildman–Crippen LogP) is -3.16. The molecule has 0 aromatic heterocycles. The summed E-state index contributed by atoms with van der Waals surface area (Å²) >= 11 is 0. The molecule has 0 aliphatic heterocycles. The fourth-order valence-electron chi connectivity index (χ4n) is 0.491. The zero-order chi connectivity index (χ0) is 8.85. The first-order chi connectivity index (χ1) is 5.02. The topological polar surface area (TPSA) is 97.3 Å². The number of rotatable bonds is 5. The molecule has 0 atom stereocenters. The number of carbonyl (C=O) groups is 3. The number of Topliss-reactive ketones (excluding diaryl/α,β-unsaturated/α-hetero) is 1. The van der Waals surface area contributed by atoms with Gasteiger partial charge in [0.25, 0.3) is 0 Å². The minimum atomic E-state index is -1.49. The maximum atomic E-state index is 10.4. The van der Waals surface area contributed by atoms with Gasteiger partial charge in [0.05, 0.1) is 0 Å². The van der Waals surface area contributed by atoms with E-state index < -0.39 is 30.6 Å². The fourth-order valence-corrected chi connectivity index (χ4v) is 0.491. The molecule has 0 aromatic rings. The summed E-state index contributed by atoms with van der Waals surface area (Å²) in [7, 11) is 0. The fraction of sp³-hybridized carbons (Fsp3) is 0.500. The third-order valence-corrected chi connectivity index (χ3v) is 0.949. The smallest absolute Gasteiger partial charge is 0.550 e. The quantitative estimate of drug-likeness (QED) is 0.343. The molecule has 0 rings (SSSR count). The van der Waals surface area contributed by atoms with Gasteiger partial charge >= 0.3 is 37.7 Å². The van der Waals surface area contributed by atoms with E-state index in [-0.39, 0.29) is 44.2 Å². The molecule has 0 amide bonds. The van der Waals surface area contributed by atoms with Gasteiger partial charge in [-0.25, -0.2) is 0 Å². The molecule has 0 radical (unpaired) electrons. The van der Waals surface area contributed by atoms with Crippen molar-refractivity contribution in [3.8, 4) is 0 Å². The Bertz CT molecular complexity index is 188. The molecule has 0 heterocycles. The number of carboxylic acid groups (broad SMARTS) is 2. The molecule has 0 aliphatic carbocycles. The Labute approximate surface area is 98.8 Å². The normalized spacial score (nSPS) is 8.33. The van der Waals surface area contributed by atoms with Gasteiger partial charge in [-0.2, -0.15) is 0 Å². The van der Waals surface area contributed by atoms with Crippen LogP contribution in [0.4, 0.5) is 0 Å². The second-order valence-corrected chi connectivity index (χ2v) is 1.96. The Morgan fingerprint density at radius 2 is 1.42 bits per heavy atom. The predicted molar refractivity (Wildman–Crippen MR) is 34.6 cm³/mol. The zero-order valence-corrected chi connectivity index (χ0v) is 8.58. The van der Waals surface area contributed by atoms with Gasteiger partial charge < -0.3 is 19.8 Å². The van der Waals surface area contributed by atoms with E-state index in [1.165, 1.54) is 0 Å². The van der Waals surface area contributed by atoms with Gasteiger partial charge in [0, 0.05) is 24.8 Å². The molecule has 0 spiro atoms. The van der Waals surface area contributed by atoms with Crippen LogP contribution in [0, 0.1) is 0 Å². The molecule has 0 aliphatic rings. The van der Waals surface area contributed by atoms with Crippen LogP contribution in [0.5, 0.6) is 0 Å². The molecular weight excluding hydrogens is 192 g/mol. The number of ketones is 1. The van der Waals surface area contributed by atoms with Crippen LogP contribution in [0.2, 0.25) is 0 Å². The van der Waals surface area contributed by atoms with E-state index in [2.05, 4.69) is 0 Å². The molecule has 0 saturated carbocycles. The van der Waals surface area contributed by atoms with Crippen molar-refractivity contribution in [1.29, 1.82) is 0 Å². The van der Waals surface area contributed by atoms with E-state index in [1.807, 2.05) is 0 Å². The summed E-state index contributed by atoms with van der Waals surface area (Å²) in [6, 6.07) is 0. The summed E-state index contributed by atoms with van der Waals surface area (Å²) < 4.78 is 0. The minimum absolute atomic E-state index is 0. The van der Waals surface area contributed by atoms with Gasteiger partial charge in [0.15, 0.2) is 0 Å². The van der Waals surface area contributed by atoms with Crippen LogP contribution in [0.25, 0.3) is 0 Å². The first-order valence-electron chi connectivity index (χ1n) is 2.93. The van der Waals surface area contributed by atoms with E-state index in [9.17, 15) is 24.6 Å². The molecule has 0 aromatic carbocycles. The molecule has 0 unspecified atom stereocenters. The number of hydrogen-bond donors (Lipinski definition) is 0. The molecule has 6 heteroatoms. The molecule has 0 fully saturated rings. The van der Waals surface area contributed by atoms with Crippen LogP contribution in [-0.4, -0.2) is 55.5 Å². The average molecular weight is 198 g/mol. The van der Waals surface area contributed by atoms with E-state index in [0.29, 0.717) is 0 Å². The van der Waals surface area contributed by atoms with Crippen molar-refractivity contribution in [2.75, 3.05) is 0 Å². The summed E-state index contributed by atoms with van der Waals surface area (Å²) in [6.07, 6.45) is -1.48. The third-order valence-electron chi connectivity index (χ3n) is 0.949. The maximum absolute atomic E-state index is 10.4. The first kappa shape index (κ1) is 14.4. The summed E-state index contributed by atoms with van der Waals surface area (Å²) in [5, 5.41) is 19.5. The van der Waals surface area contributed by atoms with Crippen molar-refractivity contribution in [3.63, 3.8) is 0 Å². The van der Waals surface area contributed by atoms with Crippen LogP contribution >= 0.6 is 0 Å². The van der Waals surface area contributed by atoms with Gasteiger partial charge in [0.2, 0.25) is 0 Å². The van der Waals surface area contributed by atoms with Crippen LogP contribution in [0.3, 0.4) is 0 Å². The summed E-state index contributed by atoms with van der Waals surface area (Å²) in [6.45, 7) is 0. The zero-order valence-electron chi connectivity index (χ0n) is 6.37. The Kier molecular flexibility index (Phi) is 9.02. The van der Waals surface area contributed by atoms with Crippen LogP contribution in [0.1, 0.15) is 19.3 Å². The maximum Gasteiger partial charge on any atom is 2.00 e. The second-order valence-electron chi connectivity index (χ2n) is 1.96. The van der Waals surface area contributed by atoms with E-state index in [1.54, 1.807) is 0 Å². The van der Waals surface area contributed by atoms with Crippen molar-refractivity contribution < 1.29 is 24.6 Å². The third kappa shape index (κ3) is 9.87. The number of carboxylic acids is 2. The van der Waals surface area contributed by atoms with E-state index >= 15 is 0 Å². The SMILES string of the molecule is O=C([O-])CCC(=O)CC(=O)[O-].[Ca+2]. The van der Waals surface area contributed by atoms with Gasteiger partial charge in [-0.05, 0) is 6.42 Å². The van der Waals surface area contributed by atoms with Crippen LogP contribution < -0.4 is 10.2 Å². The van der Waals surface area contributed by atoms with Gasteiger partial charge in [-0.15, -0.1) is 0 Å². The molecule has 12 heavy (non-hydrogen) atoms. The Morgan fingerprint density at radius 3 is 1.75 bits per heavy atom. The summed E-state index contributed by atoms with van der Waals surface area (Å²) in [4.78, 5) is 30.0. The molecule has 0 bridgehead atoms. The number of carbonyl (C=O) groups excluding carboxylic acids is 3. The monoisotopic (exact) mass is 198 g/mol. The molecule has 62 valence electrons. The van der Waals surface area contributed by atoms with Gasteiger partial charge in [-0.3, -0.25) is 4.79 Å². The van der Waals surface area contributed by atoms with Gasteiger partial charge in [-0.1, -0.05) is 0 Å². The number of aliphatic carboxylic acids is 2. The number of hydrogen-bond acceptors (Lipinski definition) is 5. The first-order valence-corrected chi connectivity index (χ1v) is 2.93. The van der Waals surface area contributed by atoms with Crippen molar-refractivity contribution in [3.05, 3.63) is 0 Å². The van der Waals surface area contributed by atoms with Crippen molar-refractivity contribution in [2.45, 2.75) is 19.3 Å².